The van der Waals surface area contributed by atoms with Crippen molar-refractivity contribution in [2.24, 2.45) is 5.73 Å². The number of hydrogen-bond donors (Lipinski definition) is 1. The van der Waals surface area contributed by atoms with E-state index in [4.69, 9.17) is 5.73 Å². The van der Waals surface area contributed by atoms with E-state index < -0.39 is 11.7 Å². The van der Waals surface area contributed by atoms with Crippen LogP contribution in [0.5, 0.6) is 0 Å². The molecule has 2 N–H and O–H groups in total. The lowest BCUT2D eigenvalue weighted by molar-refractivity contribution is -0.138. The van der Waals surface area contributed by atoms with Crippen LogP contribution in [-0.4, -0.2) is 6.54 Å². The first-order valence-corrected chi connectivity index (χ1v) is 5.73. The van der Waals surface area contributed by atoms with E-state index in [0.717, 1.165) is 6.07 Å². The maximum absolute atomic E-state index is 12.8. The van der Waals surface area contributed by atoms with Crippen LogP contribution in [0.4, 0.5) is 13.2 Å². The molecule has 1 rings (SSSR count). The Hall–Kier alpha value is -0.550. The third-order valence-corrected chi connectivity index (χ3v) is 3.14. The summed E-state index contributed by atoms with van der Waals surface area (Å²) in [5, 5.41) is 0. The molecule has 0 saturated heterocycles. The van der Waals surface area contributed by atoms with Crippen molar-refractivity contribution in [3.05, 3.63) is 33.8 Å². The first kappa shape index (κ1) is 13.5. The molecule has 0 aliphatic heterocycles. The fraction of sp³-hybridized carbons (Fsp3) is 0.455. The van der Waals surface area contributed by atoms with Crippen molar-refractivity contribution in [2.75, 3.05) is 6.54 Å². The highest BCUT2D eigenvalue weighted by atomic mass is 79.9. The third kappa shape index (κ3) is 2.98. The van der Waals surface area contributed by atoms with Crippen LogP contribution in [0.15, 0.2) is 22.7 Å². The van der Waals surface area contributed by atoms with Gasteiger partial charge in [0.1, 0.15) is 0 Å². The summed E-state index contributed by atoms with van der Waals surface area (Å²) in [6.07, 6.45) is -3.78. The highest BCUT2D eigenvalue weighted by molar-refractivity contribution is 9.10. The Bertz CT molecular complexity index is 363. The number of nitrogens with two attached hydrogens (primary N) is 1. The van der Waals surface area contributed by atoms with Gasteiger partial charge in [0, 0.05) is 4.47 Å². The number of alkyl halides is 3. The summed E-state index contributed by atoms with van der Waals surface area (Å²) in [5.74, 6) is -0.211. The largest absolute Gasteiger partial charge is 0.416 e. The van der Waals surface area contributed by atoms with Gasteiger partial charge in [-0.25, -0.2) is 0 Å². The molecule has 0 heterocycles. The van der Waals surface area contributed by atoms with E-state index in [-0.39, 0.29) is 5.92 Å². The molecule has 90 valence electrons. The lowest BCUT2D eigenvalue weighted by Gasteiger charge is -2.19. The maximum atomic E-state index is 12.8. The summed E-state index contributed by atoms with van der Waals surface area (Å²) < 4.78 is 38.8. The van der Waals surface area contributed by atoms with Crippen LogP contribution in [0, 0.1) is 0 Å². The van der Waals surface area contributed by atoms with Gasteiger partial charge in [0.15, 0.2) is 0 Å². The molecule has 0 fully saturated rings. The predicted molar refractivity (Wildman–Crippen MR) is 61.2 cm³/mol. The summed E-state index contributed by atoms with van der Waals surface area (Å²) in [4.78, 5) is 0. The summed E-state index contributed by atoms with van der Waals surface area (Å²) in [7, 11) is 0. The summed E-state index contributed by atoms with van der Waals surface area (Å²) in [6.45, 7) is 2.13. The van der Waals surface area contributed by atoms with Crippen LogP contribution in [0.25, 0.3) is 0 Å². The second-order valence-corrected chi connectivity index (χ2v) is 4.53. The average Bonchev–Trinajstić information content (AvgIpc) is 2.16. The van der Waals surface area contributed by atoms with Crippen molar-refractivity contribution < 1.29 is 13.2 Å². The normalized spacial score (nSPS) is 13.9. The SMILES string of the molecule is CC(CCN)c1c(Br)cccc1C(F)(F)F. The minimum absolute atomic E-state index is 0.211. The van der Waals surface area contributed by atoms with E-state index in [1.54, 1.807) is 13.0 Å². The highest BCUT2D eigenvalue weighted by Gasteiger charge is 2.35. The Labute approximate surface area is 101 Å². The molecule has 0 aliphatic rings. The zero-order valence-electron chi connectivity index (χ0n) is 8.81. The van der Waals surface area contributed by atoms with Crippen molar-refractivity contribution >= 4 is 15.9 Å². The lowest BCUT2D eigenvalue weighted by Crippen LogP contribution is -2.13. The molecular formula is C11H13BrF3N. The molecule has 0 aromatic heterocycles. The average molecular weight is 296 g/mol. The van der Waals surface area contributed by atoms with Gasteiger partial charge in [-0.05, 0) is 36.6 Å². The van der Waals surface area contributed by atoms with Gasteiger partial charge < -0.3 is 5.73 Å². The molecule has 1 atom stereocenters. The molecule has 1 aromatic carbocycles. The van der Waals surface area contributed by atoms with Crippen molar-refractivity contribution in [1.82, 2.24) is 0 Å². The fourth-order valence-corrected chi connectivity index (χ4v) is 2.44. The van der Waals surface area contributed by atoms with Gasteiger partial charge in [-0.1, -0.05) is 28.9 Å². The Balaban J connectivity index is 3.24. The van der Waals surface area contributed by atoms with Gasteiger partial charge in [0.2, 0.25) is 0 Å². The molecule has 0 aliphatic carbocycles. The summed E-state index contributed by atoms with van der Waals surface area (Å²) in [5.41, 5.74) is 5.09. The standard InChI is InChI=1S/C11H13BrF3N/c1-7(5-6-16)10-8(11(13,14)15)3-2-4-9(10)12/h2-4,7H,5-6,16H2,1H3. The van der Waals surface area contributed by atoms with Gasteiger partial charge in [0.05, 0.1) is 5.56 Å². The van der Waals surface area contributed by atoms with E-state index in [9.17, 15) is 13.2 Å². The number of hydrogen-bond acceptors (Lipinski definition) is 1. The molecule has 0 bridgehead atoms. The van der Waals surface area contributed by atoms with E-state index in [1.807, 2.05) is 0 Å². The molecule has 0 amide bonds. The molecule has 0 radical (unpaired) electrons. The number of halogens is 4. The molecular weight excluding hydrogens is 283 g/mol. The van der Waals surface area contributed by atoms with E-state index in [2.05, 4.69) is 15.9 Å². The topological polar surface area (TPSA) is 26.0 Å². The number of rotatable bonds is 3. The molecule has 1 aromatic rings. The Kier molecular flexibility index (Phi) is 4.38. The van der Waals surface area contributed by atoms with Crippen molar-refractivity contribution in [3.8, 4) is 0 Å². The monoisotopic (exact) mass is 295 g/mol. The van der Waals surface area contributed by atoms with Crippen molar-refractivity contribution in [3.63, 3.8) is 0 Å². The molecule has 0 saturated carbocycles. The minimum Gasteiger partial charge on any atom is -0.330 e. The maximum Gasteiger partial charge on any atom is 0.416 e. The van der Waals surface area contributed by atoms with Crippen molar-refractivity contribution in [2.45, 2.75) is 25.4 Å². The highest BCUT2D eigenvalue weighted by Crippen LogP contribution is 2.39. The minimum atomic E-state index is -4.32. The fourth-order valence-electron chi connectivity index (χ4n) is 1.68. The van der Waals surface area contributed by atoms with Gasteiger partial charge in [-0.15, -0.1) is 0 Å². The second kappa shape index (κ2) is 5.19. The zero-order valence-corrected chi connectivity index (χ0v) is 10.4. The van der Waals surface area contributed by atoms with E-state index >= 15 is 0 Å². The molecule has 5 heteroatoms. The van der Waals surface area contributed by atoms with E-state index in [0.29, 0.717) is 23.0 Å². The van der Waals surface area contributed by atoms with Gasteiger partial charge >= 0.3 is 6.18 Å². The zero-order chi connectivity index (χ0) is 12.3. The Morgan fingerprint density at radius 3 is 2.50 bits per heavy atom. The number of benzene rings is 1. The van der Waals surface area contributed by atoms with Crippen LogP contribution >= 0.6 is 15.9 Å². The first-order valence-electron chi connectivity index (χ1n) is 4.93. The van der Waals surface area contributed by atoms with Gasteiger partial charge in [0.25, 0.3) is 0 Å². The molecule has 1 unspecified atom stereocenters. The van der Waals surface area contributed by atoms with Crippen molar-refractivity contribution in [1.29, 1.82) is 0 Å². The van der Waals surface area contributed by atoms with Crippen LogP contribution < -0.4 is 5.73 Å². The van der Waals surface area contributed by atoms with Crippen LogP contribution in [0.2, 0.25) is 0 Å². The summed E-state index contributed by atoms with van der Waals surface area (Å²) in [6, 6.07) is 4.12. The lowest BCUT2D eigenvalue weighted by atomic mass is 9.93. The van der Waals surface area contributed by atoms with Gasteiger partial charge in [-0.2, -0.15) is 13.2 Å². The van der Waals surface area contributed by atoms with Crippen LogP contribution in [0.3, 0.4) is 0 Å². The predicted octanol–water partition coefficient (Wildman–Crippen LogP) is 3.92. The quantitative estimate of drug-likeness (QED) is 0.899. The van der Waals surface area contributed by atoms with Crippen LogP contribution in [-0.2, 0) is 6.18 Å². The molecule has 1 nitrogen and oxygen atoms in total. The van der Waals surface area contributed by atoms with Gasteiger partial charge in [-0.3, -0.25) is 0 Å². The molecule has 0 spiro atoms. The Morgan fingerprint density at radius 2 is 2.00 bits per heavy atom. The van der Waals surface area contributed by atoms with E-state index in [1.165, 1.54) is 6.07 Å². The second-order valence-electron chi connectivity index (χ2n) is 3.68. The smallest absolute Gasteiger partial charge is 0.330 e. The Morgan fingerprint density at radius 1 is 1.38 bits per heavy atom. The first-order chi connectivity index (χ1) is 7.38. The van der Waals surface area contributed by atoms with Crippen LogP contribution in [0.1, 0.15) is 30.4 Å². The summed E-state index contributed by atoms with van der Waals surface area (Å²) >= 11 is 3.17. The molecule has 16 heavy (non-hydrogen) atoms. The third-order valence-electron chi connectivity index (χ3n) is 2.45.